The molecule has 4 aromatic rings. The number of aryl methyl sites for hydroxylation is 1. The second kappa shape index (κ2) is 9.09. The van der Waals surface area contributed by atoms with E-state index in [-0.39, 0.29) is 16.7 Å². The fourth-order valence-corrected chi connectivity index (χ4v) is 3.72. The molecular formula is C27H32N6O2. The van der Waals surface area contributed by atoms with Crippen LogP contribution in [0.5, 0.6) is 0 Å². The lowest BCUT2D eigenvalue weighted by molar-refractivity contribution is 0.102. The summed E-state index contributed by atoms with van der Waals surface area (Å²) in [6.45, 7) is 14.6. The van der Waals surface area contributed by atoms with E-state index < -0.39 is 0 Å². The molecule has 0 spiro atoms. The summed E-state index contributed by atoms with van der Waals surface area (Å²) in [6.07, 6.45) is 6.46. The number of carbonyl (C=O) groups is 1. The Labute approximate surface area is 205 Å². The minimum Gasteiger partial charge on any atom is -0.359 e. The number of rotatable bonds is 5. The van der Waals surface area contributed by atoms with Crippen molar-refractivity contribution in [1.82, 2.24) is 25.1 Å². The average molecular weight is 473 g/mol. The number of hydrogen-bond donors (Lipinski definition) is 1. The van der Waals surface area contributed by atoms with E-state index in [2.05, 4.69) is 52.6 Å². The first-order valence-electron chi connectivity index (χ1n) is 11.7. The molecule has 0 radical (unpaired) electrons. The zero-order chi connectivity index (χ0) is 25.4. The Bertz CT molecular complexity index is 1350. The van der Waals surface area contributed by atoms with E-state index in [0.29, 0.717) is 17.1 Å². The summed E-state index contributed by atoms with van der Waals surface area (Å²) in [6, 6.07) is 9.31. The molecule has 0 aliphatic rings. The van der Waals surface area contributed by atoms with Crippen molar-refractivity contribution in [3.63, 3.8) is 0 Å². The summed E-state index contributed by atoms with van der Waals surface area (Å²) >= 11 is 0. The summed E-state index contributed by atoms with van der Waals surface area (Å²) in [7, 11) is 0. The Kier molecular flexibility index (Phi) is 6.32. The van der Waals surface area contributed by atoms with Crippen molar-refractivity contribution in [2.45, 2.75) is 60.3 Å². The molecule has 0 aliphatic carbocycles. The Morgan fingerprint density at radius 2 is 1.83 bits per heavy atom. The van der Waals surface area contributed by atoms with Crippen LogP contribution in [0.25, 0.3) is 16.9 Å². The maximum absolute atomic E-state index is 12.9. The molecular weight excluding hydrogens is 440 g/mol. The van der Waals surface area contributed by atoms with Crippen molar-refractivity contribution in [3.8, 4) is 16.9 Å². The van der Waals surface area contributed by atoms with Crippen LogP contribution in [0.15, 0.2) is 53.4 Å². The van der Waals surface area contributed by atoms with E-state index in [9.17, 15) is 4.79 Å². The number of hydrogen-bond acceptors (Lipinski definition) is 6. The van der Waals surface area contributed by atoms with Gasteiger partial charge >= 0.3 is 0 Å². The first-order chi connectivity index (χ1) is 16.4. The van der Waals surface area contributed by atoms with Gasteiger partial charge in [-0.1, -0.05) is 58.0 Å². The average Bonchev–Trinajstić information content (AvgIpc) is 3.43. The monoisotopic (exact) mass is 472 g/mol. The summed E-state index contributed by atoms with van der Waals surface area (Å²) < 4.78 is 7.05. The number of nitrogens with zero attached hydrogens (tertiary/aromatic N) is 5. The van der Waals surface area contributed by atoms with Gasteiger partial charge in [-0.3, -0.25) is 9.78 Å². The predicted octanol–water partition coefficient (Wildman–Crippen LogP) is 5.76. The highest BCUT2D eigenvalue weighted by Crippen LogP contribution is 2.26. The van der Waals surface area contributed by atoms with Crippen molar-refractivity contribution in [1.29, 1.82) is 0 Å². The predicted molar refractivity (Wildman–Crippen MR) is 136 cm³/mol. The third-order valence-electron chi connectivity index (χ3n) is 5.53. The van der Waals surface area contributed by atoms with Gasteiger partial charge < -0.3 is 9.84 Å². The van der Waals surface area contributed by atoms with Crippen molar-refractivity contribution >= 4 is 11.7 Å². The van der Waals surface area contributed by atoms with E-state index >= 15 is 0 Å². The van der Waals surface area contributed by atoms with Crippen LogP contribution < -0.4 is 5.32 Å². The largest absolute Gasteiger partial charge is 0.359 e. The van der Waals surface area contributed by atoms with Crippen molar-refractivity contribution in [3.05, 3.63) is 71.4 Å². The van der Waals surface area contributed by atoms with E-state index in [4.69, 9.17) is 4.52 Å². The highest BCUT2D eigenvalue weighted by atomic mass is 16.5. The Morgan fingerprint density at radius 3 is 2.51 bits per heavy atom. The number of carbonyl (C=O) groups excluding carboxylic acids is 1. The third kappa shape index (κ3) is 5.82. The molecule has 1 amide bonds. The minimum absolute atomic E-state index is 0.163. The normalized spacial score (nSPS) is 12.1. The Hall–Kier alpha value is -3.81. The Balaban J connectivity index is 1.57. The van der Waals surface area contributed by atoms with Crippen LogP contribution in [-0.4, -0.2) is 31.0 Å². The summed E-state index contributed by atoms with van der Waals surface area (Å²) in [5.74, 6) is 0.806. The first-order valence-corrected chi connectivity index (χ1v) is 11.7. The summed E-state index contributed by atoms with van der Waals surface area (Å²) in [5, 5.41) is 15.5. The number of amides is 1. The lowest BCUT2D eigenvalue weighted by atomic mass is 9.88. The lowest BCUT2D eigenvalue weighted by Crippen LogP contribution is -2.13. The van der Waals surface area contributed by atoms with Crippen LogP contribution >= 0.6 is 0 Å². The first kappa shape index (κ1) is 24.3. The van der Waals surface area contributed by atoms with Crippen LogP contribution in [-0.2, 0) is 11.8 Å². The molecule has 3 aromatic heterocycles. The fourth-order valence-electron chi connectivity index (χ4n) is 3.72. The fraction of sp³-hybridized carbons (Fsp3) is 0.370. The quantitative estimate of drug-likeness (QED) is 0.396. The SMILES string of the molecule is Cc1ccc(C(=O)Nc2cc(C(C)(C)C)on2)cc1-n1cc(-c2cncc(CC(C)(C)C)c2)nn1. The van der Waals surface area contributed by atoms with Gasteiger partial charge in [0, 0.05) is 35.0 Å². The van der Waals surface area contributed by atoms with E-state index in [0.717, 1.165) is 34.5 Å². The molecule has 8 nitrogen and oxygen atoms in total. The molecule has 0 unspecified atom stereocenters. The molecule has 4 rings (SSSR count). The van der Waals surface area contributed by atoms with Crippen molar-refractivity contribution in [2.24, 2.45) is 5.41 Å². The minimum atomic E-state index is -0.278. The van der Waals surface area contributed by atoms with Gasteiger partial charge in [-0.2, -0.15) is 0 Å². The number of nitrogens with one attached hydrogen (secondary N) is 1. The lowest BCUT2D eigenvalue weighted by Gasteiger charge is -2.17. The van der Waals surface area contributed by atoms with E-state index in [1.54, 1.807) is 29.1 Å². The molecule has 0 atom stereocenters. The van der Waals surface area contributed by atoms with Crippen LogP contribution in [0.3, 0.4) is 0 Å². The van der Waals surface area contributed by atoms with Gasteiger partial charge in [0.15, 0.2) is 5.82 Å². The third-order valence-corrected chi connectivity index (χ3v) is 5.53. The molecule has 8 heteroatoms. The van der Waals surface area contributed by atoms with Crippen LogP contribution in [0.2, 0.25) is 0 Å². The zero-order valence-electron chi connectivity index (χ0n) is 21.4. The number of benzene rings is 1. The van der Waals surface area contributed by atoms with Crippen LogP contribution in [0.4, 0.5) is 5.82 Å². The van der Waals surface area contributed by atoms with Gasteiger partial charge in [-0.15, -0.1) is 5.10 Å². The Morgan fingerprint density at radius 1 is 1.06 bits per heavy atom. The molecule has 182 valence electrons. The zero-order valence-corrected chi connectivity index (χ0v) is 21.4. The highest BCUT2D eigenvalue weighted by molar-refractivity contribution is 6.04. The smallest absolute Gasteiger partial charge is 0.256 e. The molecule has 3 heterocycles. The molecule has 0 saturated carbocycles. The molecule has 35 heavy (non-hydrogen) atoms. The number of pyridine rings is 1. The maximum Gasteiger partial charge on any atom is 0.256 e. The molecule has 0 bridgehead atoms. The van der Waals surface area contributed by atoms with Gasteiger partial charge in [0.2, 0.25) is 0 Å². The van der Waals surface area contributed by atoms with Gasteiger partial charge in [-0.05, 0) is 48.1 Å². The van der Waals surface area contributed by atoms with E-state index in [1.165, 1.54) is 0 Å². The van der Waals surface area contributed by atoms with Crippen LogP contribution in [0.1, 0.15) is 68.8 Å². The molecule has 0 saturated heterocycles. The molecule has 1 N–H and O–H groups in total. The van der Waals surface area contributed by atoms with E-state index in [1.807, 2.05) is 46.2 Å². The topological polar surface area (TPSA) is 98.7 Å². The molecule has 0 aliphatic heterocycles. The van der Waals surface area contributed by atoms with Gasteiger partial charge in [0.25, 0.3) is 5.91 Å². The molecule has 0 fully saturated rings. The summed E-state index contributed by atoms with van der Waals surface area (Å²) in [5.41, 5.74) is 4.97. The second-order valence-electron chi connectivity index (χ2n) is 11.1. The number of aromatic nitrogens is 5. The van der Waals surface area contributed by atoms with Gasteiger partial charge in [0.05, 0.1) is 11.9 Å². The summed E-state index contributed by atoms with van der Waals surface area (Å²) in [4.78, 5) is 17.3. The second-order valence-corrected chi connectivity index (χ2v) is 11.1. The maximum atomic E-state index is 12.9. The molecule has 1 aromatic carbocycles. The number of anilines is 1. The van der Waals surface area contributed by atoms with Crippen LogP contribution in [0, 0.1) is 12.3 Å². The standard InChI is InChI=1S/C27H32N6O2/c1-17-8-9-19(25(34)29-24-12-23(35-31-24)27(5,6)7)11-22(17)33-16-21(30-32-33)20-10-18(14-28-15-20)13-26(2,3)4/h8-12,14-16H,13H2,1-7H3,(H,29,31,34). The van der Waals surface area contributed by atoms with Gasteiger partial charge in [0.1, 0.15) is 11.5 Å². The van der Waals surface area contributed by atoms with Crippen molar-refractivity contribution in [2.75, 3.05) is 5.32 Å². The van der Waals surface area contributed by atoms with Crippen molar-refractivity contribution < 1.29 is 9.32 Å². The van der Waals surface area contributed by atoms with Gasteiger partial charge in [-0.25, -0.2) is 4.68 Å². The highest BCUT2D eigenvalue weighted by Gasteiger charge is 2.21.